The van der Waals surface area contributed by atoms with Crippen LogP contribution in [0, 0.1) is 29.6 Å². The lowest BCUT2D eigenvalue weighted by atomic mass is 9.85. The quantitative estimate of drug-likeness (QED) is 0.240. The molecule has 11 heteroatoms. The fourth-order valence-electron chi connectivity index (χ4n) is 6.66. The number of carbonyl (C=O) groups excluding carboxylic acids is 5. The molecule has 8 unspecified atom stereocenters. The summed E-state index contributed by atoms with van der Waals surface area (Å²) in [5, 5.41) is 1.28. The molecule has 11 nitrogen and oxygen atoms in total. The third-order valence-corrected chi connectivity index (χ3v) is 8.47. The lowest BCUT2D eigenvalue weighted by molar-refractivity contribution is -0.183. The summed E-state index contributed by atoms with van der Waals surface area (Å²) in [5.74, 6) is -2.08. The predicted molar refractivity (Wildman–Crippen MR) is 120 cm³/mol. The van der Waals surface area contributed by atoms with Gasteiger partial charge in [0.1, 0.15) is 18.1 Å². The smallest absolute Gasteiger partial charge is 0.306 e. The molecule has 4 heterocycles. The van der Waals surface area contributed by atoms with Crippen LogP contribution in [-0.2, 0) is 38.3 Å². The van der Waals surface area contributed by atoms with Crippen molar-refractivity contribution >= 4 is 29.6 Å². The molecule has 2 aliphatic carbocycles. The van der Waals surface area contributed by atoms with E-state index in [2.05, 4.69) is 4.74 Å². The maximum atomic E-state index is 13.0. The zero-order chi connectivity index (χ0) is 25.1. The van der Waals surface area contributed by atoms with E-state index in [-0.39, 0.29) is 111 Å². The fourth-order valence-corrected chi connectivity index (χ4v) is 6.66. The molecule has 0 aromatic heterocycles. The average molecular weight is 500 g/mol. The molecule has 0 radical (unpaired) electrons. The highest BCUT2D eigenvalue weighted by atomic mass is 16.7. The lowest BCUT2D eigenvalue weighted by Crippen LogP contribution is -2.45. The Hall–Kier alpha value is -3.05. The topological polar surface area (TPSA) is 123 Å². The van der Waals surface area contributed by atoms with Crippen LogP contribution in [0.2, 0.25) is 0 Å². The maximum Gasteiger partial charge on any atom is 0.306 e. The van der Waals surface area contributed by atoms with E-state index in [9.17, 15) is 24.0 Å². The van der Waals surface area contributed by atoms with Gasteiger partial charge in [0.2, 0.25) is 17.7 Å². The maximum absolute atomic E-state index is 13.0. The van der Waals surface area contributed by atoms with Crippen LogP contribution < -0.4 is 0 Å². The van der Waals surface area contributed by atoms with Crippen molar-refractivity contribution in [3.63, 3.8) is 0 Å². The van der Waals surface area contributed by atoms with Crippen molar-refractivity contribution < 1.29 is 38.3 Å². The van der Waals surface area contributed by atoms with E-state index in [0.29, 0.717) is 0 Å². The van der Waals surface area contributed by atoms with Gasteiger partial charge in [0.15, 0.2) is 0 Å². The Balaban J connectivity index is 1.09. The Morgan fingerprint density at radius 3 is 2.25 bits per heavy atom. The second-order valence-corrected chi connectivity index (χ2v) is 10.3. The van der Waals surface area contributed by atoms with Crippen molar-refractivity contribution in [3.8, 4) is 0 Å². The van der Waals surface area contributed by atoms with Gasteiger partial charge in [-0.05, 0) is 18.3 Å². The van der Waals surface area contributed by atoms with Crippen molar-refractivity contribution in [1.82, 2.24) is 14.9 Å². The van der Waals surface area contributed by atoms with E-state index in [0.717, 1.165) is 6.42 Å². The minimum atomic E-state index is -0.502. The van der Waals surface area contributed by atoms with Gasteiger partial charge in [0.05, 0.1) is 38.0 Å². The summed E-state index contributed by atoms with van der Waals surface area (Å²) in [6.07, 6.45) is 7.66. The molecule has 4 fully saturated rings. The SMILES string of the molecule is COC(=O)CCC(=O)N(CCN1OC2C3C=CC(O3)C2C1=O)CCN1C(=O)C2C3C=CC(C3)C2C1=O. The summed E-state index contributed by atoms with van der Waals surface area (Å²) < 4.78 is 10.3. The van der Waals surface area contributed by atoms with Crippen LogP contribution in [0.3, 0.4) is 0 Å². The zero-order valence-corrected chi connectivity index (χ0v) is 20.0. The van der Waals surface area contributed by atoms with Crippen LogP contribution in [-0.4, -0.2) is 96.1 Å². The minimum Gasteiger partial charge on any atom is -0.469 e. The van der Waals surface area contributed by atoms with E-state index in [4.69, 9.17) is 9.57 Å². The first-order valence-corrected chi connectivity index (χ1v) is 12.6. The average Bonchev–Trinajstić information content (AvgIpc) is 3.71. The number of hydrogen-bond acceptors (Lipinski definition) is 8. The first-order chi connectivity index (χ1) is 17.4. The van der Waals surface area contributed by atoms with Gasteiger partial charge in [0.25, 0.3) is 5.91 Å². The summed E-state index contributed by atoms with van der Waals surface area (Å²) in [5.41, 5.74) is 0. The van der Waals surface area contributed by atoms with E-state index >= 15 is 0 Å². The lowest BCUT2D eigenvalue weighted by Gasteiger charge is -2.27. The molecule has 36 heavy (non-hydrogen) atoms. The molecule has 4 aliphatic heterocycles. The van der Waals surface area contributed by atoms with Gasteiger partial charge >= 0.3 is 5.97 Å². The largest absolute Gasteiger partial charge is 0.469 e. The summed E-state index contributed by atoms with van der Waals surface area (Å²) in [6, 6.07) is 0. The highest BCUT2D eigenvalue weighted by molar-refractivity contribution is 6.06. The Kier molecular flexibility index (Phi) is 5.71. The van der Waals surface area contributed by atoms with Crippen LogP contribution in [0.1, 0.15) is 19.3 Å². The van der Waals surface area contributed by atoms with Crippen molar-refractivity contribution in [2.24, 2.45) is 29.6 Å². The van der Waals surface area contributed by atoms with E-state index in [1.165, 1.54) is 22.0 Å². The molecule has 1 saturated carbocycles. The first-order valence-electron chi connectivity index (χ1n) is 12.6. The third kappa shape index (κ3) is 3.59. The second kappa shape index (κ2) is 8.81. The Morgan fingerprint density at radius 2 is 1.58 bits per heavy atom. The number of ether oxygens (including phenoxy) is 2. The van der Waals surface area contributed by atoms with Crippen LogP contribution >= 0.6 is 0 Å². The number of hydrogen-bond donors (Lipinski definition) is 0. The summed E-state index contributed by atoms with van der Waals surface area (Å²) in [6.45, 7) is 0.474. The first kappa shape index (κ1) is 23.4. The number of likely N-dealkylation sites (tertiary alicyclic amines) is 1. The number of allylic oxidation sites excluding steroid dienone is 2. The fraction of sp³-hybridized carbons (Fsp3) is 0.640. The molecule has 192 valence electrons. The van der Waals surface area contributed by atoms with E-state index in [1.54, 1.807) is 0 Å². The molecule has 6 rings (SSSR count). The second-order valence-electron chi connectivity index (χ2n) is 10.3. The van der Waals surface area contributed by atoms with Gasteiger partial charge in [0, 0.05) is 26.1 Å². The number of fused-ring (bicyclic) bond motifs is 10. The molecular weight excluding hydrogens is 470 g/mol. The minimum absolute atomic E-state index is 0.0736. The number of esters is 1. The van der Waals surface area contributed by atoms with Gasteiger partial charge in [-0.1, -0.05) is 24.3 Å². The molecule has 4 amide bonds. The van der Waals surface area contributed by atoms with Crippen molar-refractivity contribution in [3.05, 3.63) is 24.3 Å². The molecule has 0 aromatic rings. The number of nitrogens with zero attached hydrogens (tertiary/aromatic N) is 3. The number of hydroxylamine groups is 2. The van der Waals surface area contributed by atoms with Crippen molar-refractivity contribution in [1.29, 1.82) is 0 Å². The summed E-state index contributed by atoms with van der Waals surface area (Å²) in [7, 11) is 1.26. The molecule has 0 N–H and O–H groups in total. The third-order valence-electron chi connectivity index (χ3n) is 8.47. The van der Waals surface area contributed by atoms with Crippen LogP contribution in [0.25, 0.3) is 0 Å². The Morgan fingerprint density at radius 1 is 0.917 bits per heavy atom. The van der Waals surface area contributed by atoms with Gasteiger partial charge in [-0.15, -0.1) is 0 Å². The highest BCUT2D eigenvalue weighted by Gasteiger charge is 2.59. The zero-order valence-electron chi connectivity index (χ0n) is 20.0. The number of methoxy groups -OCH3 is 1. The molecule has 4 bridgehead atoms. The van der Waals surface area contributed by atoms with E-state index < -0.39 is 5.97 Å². The summed E-state index contributed by atoms with van der Waals surface area (Å²) in [4.78, 5) is 72.1. The Labute approximate surface area is 207 Å². The standard InChI is InChI=1S/C25H29N3O8/c1-34-18(30)7-6-17(29)26(9-11-28-25(33)21-15-4-5-16(35-15)22(21)36-28)8-10-27-23(31)19-13-2-3-14(12-13)20(19)24(27)32/h2-5,13-16,19-22H,6-12H2,1H3. The van der Waals surface area contributed by atoms with Crippen LogP contribution in [0.4, 0.5) is 0 Å². The normalized spacial score (nSPS) is 36.9. The molecule has 8 atom stereocenters. The molecule has 3 saturated heterocycles. The molecule has 0 aromatic carbocycles. The van der Waals surface area contributed by atoms with E-state index in [1.807, 2.05) is 24.3 Å². The van der Waals surface area contributed by atoms with Gasteiger partial charge in [-0.25, -0.2) is 5.06 Å². The molecule has 0 spiro atoms. The predicted octanol–water partition coefficient (Wildman–Crippen LogP) is -0.329. The number of carbonyl (C=O) groups is 5. The van der Waals surface area contributed by atoms with Gasteiger partial charge < -0.3 is 14.4 Å². The highest BCUT2D eigenvalue weighted by Crippen LogP contribution is 2.52. The van der Waals surface area contributed by atoms with Crippen LogP contribution in [0.15, 0.2) is 24.3 Å². The van der Waals surface area contributed by atoms with Gasteiger partial charge in [-0.2, -0.15) is 0 Å². The molecule has 6 aliphatic rings. The van der Waals surface area contributed by atoms with Gasteiger partial charge in [-0.3, -0.25) is 33.7 Å². The number of rotatable bonds is 9. The number of imide groups is 1. The summed E-state index contributed by atoms with van der Waals surface area (Å²) >= 11 is 0. The monoisotopic (exact) mass is 499 g/mol. The molecular formula is C25H29N3O8. The van der Waals surface area contributed by atoms with Crippen LogP contribution in [0.5, 0.6) is 0 Å². The van der Waals surface area contributed by atoms with Crippen molar-refractivity contribution in [2.45, 2.75) is 37.6 Å². The van der Waals surface area contributed by atoms with Crippen molar-refractivity contribution in [2.75, 3.05) is 33.3 Å². The number of amides is 4. The Bertz CT molecular complexity index is 1040.